The van der Waals surface area contributed by atoms with Gasteiger partial charge in [-0.1, -0.05) is 0 Å². The van der Waals surface area contributed by atoms with Crippen LogP contribution in [0.4, 0.5) is 5.69 Å². The van der Waals surface area contributed by atoms with Gasteiger partial charge >= 0.3 is 0 Å². The summed E-state index contributed by atoms with van der Waals surface area (Å²) in [6.07, 6.45) is 1.96. The van der Waals surface area contributed by atoms with Crippen LogP contribution in [0.2, 0.25) is 0 Å². The van der Waals surface area contributed by atoms with Crippen molar-refractivity contribution < 1.29 is 19.1 Å². The van der Waals surface area contributed by atoms with E-state index in [0.717, 1.165) is 0 Å². The predicted molar refractivity (Wildman–Crippen MR) is 50.9 cm³/mol. The van der Waals surface area contributed by atoms with Gasteiger partial charge in [-0.15, -0.1) is 0 Å². The Bertz CT molecular complexity index is 403. The molecule has 0 spiro atoms. The summed E-state index contributed by atoms with van der Waals surface area (Å²) in [5, 5.41) is 2.23. The average molecular weight is 208 g/mol. The van der Waals surface area contributed by atoms with Gasteiger partial charge in [0.1, 0.15) is 0 Å². The van der Waals surface area contributed by atoms with E-state index >= 15 is 0 Å². The summed E-state index contributed by atoms with van der Waals surface area (Å²) >= 11 is 0. The Morgan fingerprint density at radius 3 is 2.80 bits per heavy atom. The third kappa shape index (κ3) is 2.60. The number of carbonyl (C=O) groups excluding carboxylic acids is 3. The molecule has 6 heteroatoms. The van der Waals surface area contributed by atoms with Crippen LogP contribution in [-0.2, 0) is 9.59 Å². The van der Waals surface area contributed by atoms with Crippen LogP contribution in [0.15, 0.2) is 12.3 Å². The highest BCUT2D eigenvalue weighted by Crippen LogP contribution is 2.16. The topological polar surface area (TPSA) is 85.4 Å². The van der Waals surface area contributed by atoms with E-state index in [1.807, 2.05) is 0 Å². The second-order valence-corrected chi connectivity index (χ2v) is 2.55. The molecule has 0 aliphatic carbocycles. The van der Waals surface area contributed by atoms with E-state index in [2.05, 4.69) is 10.3 Å². The van der Waals surface area contributed by atoms with Crippen molar-refractivity contribution in [1.29, 1.82) is 0 Å². The van der Waals surface area contributed by atoms with Gasteiger partial charge in [0.05, 0.1) is 24.6 Å². The molecule has 0 fully saturated rings. The fraction of sp³-hybridized carbons (Fsp3) is 0.111. The smallest absolute Gasteiger partial charge is 0.288 e. The fourth-order valence-electron chi connectivity index (χ4n) is 0.964. The third-order valence-corrected chi connectivity index (χ3v) is 1.57. The summed E-state index contributed by atoms with van der Waals surface area (Å²) in [4.78, 5) is 35.1. The number of carbonyl (C=O) groups is 3. The van der Waals surface area contributed by atoms with Crippen molar-refractivity contribution in [2.45, 2.75) is 0 Å². The van der Waals surface area contributed by atoms with E-state index in [1.165, 1.54) is 19.4 Å². The molecule has 0 bridgehead atoms. The number of ether oxygens (including phenoxy) is 1. The highest BCUT2D eigenvalue weighted by Gasteiger charge is 2.06. The second-order valence-electron chi connectivity index (χ2n) is 2.55. The summed E-state index contributed by atoms with van der Waals surface area (Å²) in [6.45, 7) is 0. The number of hydrogen-bond donors (Lipinski definition) is 1. The Hall–Kier alpha value is -2.24. The Labute approximate surface area is 85.3 Å². The lowest BCUT2D eigenvalue weighted by molar-refractivity contribution is -0.127. The number of aromatic nitrogens is 1. The lowest BCUT2D eigenvalue weighted by Crippen LogP contribution is -2.12. The first-order valence-electron chi connectivity index (χ1n) is 3.96. The van der Waals surface area contributed by atoms with Gasteiger partial charge in [-0.25, -0.2) is 4.98 Å². The number of methoxy groups -OCH3 is 1. The molecule has 15 heavy (non-hydrogen) atoms. The fourth-order valence-corrected chi connectivity index (χ4v) is 0.964. The van der Waals surface area contributed by atoms with Gasteiger partial charge in [0.25, 0.3) is 5.91 Å². The standard InChI is InChI=1S/C9H8N2O4/c1-15-9-6(4-12)2-7(3-10-9)11-8(14)5-13/h2-5H,1H3,(H,11,14). The zero-order valence-corrected chi connectivity index (χ0v) is 7.89. The molecule has 1 rings (SSSR count). The quantitative estimate of drug-likeness (QED) is 0.557. The Balaban J connectivity index is 2.97. The van der Waals surface area contributed by atoms with Crippen molar-refractivity contribution in [1.82, 2.24) is 4.98 Å². The molecule has 6 nitrogen and oxygen atoms in total. The normalized spacial score (nSPS) is 9.13. The molecule has 1 aromatic rings. The maximum atomic E-state index is 10.7. The lowest BCUT2D eigenvalue weighted by atomic mass is 10.2. The second kappa shape index (κ2) is 4.85. The van der Waals surface area contributed by atoms with Crippen molar-refractivity contribution in [2.24, 2.45) is 0 Å². The SMILES string of the molecule is COc1ncc(NC(=O)C=O)cc1C=O. The molecular formula is C9H8N2O4. The molecule has 0 aliphatic heterocycles. The Morgan fingerprint density at radius 2 is 2.27 bits per heavy atom. The van der Waals surface area contributed by atoms with Gasteiger partial charge in [0, 0.05) is 0 Å². The van der Waals surface area contributed by atoms with Crippen molar-refractivity contribution in [3.8, 4) is 5.88 Å². The summed E-state index contributed by atoms with van der Waals surface area (Å²) in [7, 11) is 1.37. The summed E-state index contributed by atoms with van der Waals surface area (Å²) in [5.74, 6) is -0.645. The Kier molecular flexibility index (Phi) is 3.50. The Morgan fingerprint density at radius 1 is 1.53 bits per heavy atom. The molecule has 1 N–H and O–H groups in total. The summed E-state index contributed by atoms with van der Waals surface area (Å²) < 4.78 is 4.80. The molecular weight excluding hydrogens is 200 g/mol. The molecule has 0 atom stereocenters. The van der Waals surface area contributed by atoms with Gasteiger partial charge < -0.3 is 10.1 Å². The van der Waals surface area contributed by atoms with Crippen LogP contribution in [0.25, 0.3) is 0 Å². The van der Waals surface area contributed by atoms with E-state index in [-0.39, 0.29) is 23.4 Å². The van der Waals surface area contributed by atoms with E-state index in [0.29, 0.717) is 6.29 Å². The first-order chi connectivity index (χ1) is 7.21. The number of hydrogen-bond acceptors (Lipinski definition) is 5. The number of anilines is 1. The highest BCUT2D eigenvalue weighted by molar-refractivity contribution is 6.29. The number of pyridine rings is 1. The summed E-state index contributed by atoms with van der Waals surface area (Å²) in [6, 6.07) is 1.36. The maximum Gasteiger partial charge on any atom is 0.288 e. The van der Waals surface area contributed by atoms with E-state index in [4.69, 9.17) is 4.74 Å². The maximum absolute atomic E-state index is 10.7. The lowest BCUT2D eigenvalue weighted by Gasteiger charge is -2.04. The van der Waals surface area contributed by atoms with Crippen LogP contribution in [0.5, 0.6) is 5.88 Å². The monoisotopic (exact) mass is 208 g/mol. The molecule has 0 saturated carbocycles. The van der Waals surface area contributed by atoms with E-state index in [9.17, 15) is 14.4 Å². The van der Waals surface area contributed by atoms with Gasteiger partial charge in [0.15, 0.2) is 6.29 Å². The molecule has 1 aromatic heterocycles. The van der Waals surface area contributed by atoms with E-state index in [1.54, 1.807) is 0 Å². The minimum absolute atomic E-state index is 0.130. The number of nitrogens with zero attached hydrogens (tertiary/aromatic N) is 1. The molecule has 0 aliphatic rings. The molecule has 0 saturated heterocycles. The van der Waals surface area contributed by atoms with Gasteiger partial charge in [-0.3, -0.25) is 14.4 Å². The van der Waals surface area contributed by atoms with Gasteiger partial charge in [0.2, 0.25) is 12.2 Å². The molecule has 0 aromatic carbocycles. The average Bonchev–Trinajstić information content (AvgIpc) is 2.28. The van der Waals surface area contributed by atoms with Crippen molar-refractivity contribution in [3.63, 3.8) is 0 Å². The van der Waals surface area contributed by atoms with E-state index < -0.39 is 5.91 Å². The molecule has 1 amide bonds. The predicted octanol–water partition coefficient (Wildman–Crippen LogP) is 0.0401. The minimum atomic E-state index is -0.807. The van der Waals surface area contributed by atoms with Crippen LogP contribution < -0.4 is 10.1 Å². The number of aldehydes is 2. The largest absolute Gasteiger partial charge is 0.480 e. The summed E-state index contributed by atoms with van der Waals surface area (Å²) in [5.41, 5.74) is 0.455. The van der Waals surface area contributed by atoms with Crippen molar-refractivity contribution >= 4 is 24.2 Å². The highest BCUT2D eigenvalue weighted by atomic mass is 16.5. The van der Waals surface area contributed by atoms with Crippen LogP contribution in [0.1, 0.15) is 10.4 Å². The van der Waals surface area contributed by atoms with Crippen LogP contribution >= 0.6 is 0 Å². The molecule has 0 unspecified atom stereocenters. The number of nitrogens with one attached hydrogen (secondary N) is 1. The van der Waals surface area contributed by atoms with Crippen molar-refractivity contribution in [2.75, 3.05) is 12.4 Å². The van der Waals surface area contributed by atoms with Gasteiger partial charge in [-0.05, 0) is 6.07 Å². The first kappa shape index (κ1) is 10.8. The molecule has 1 heterocycles. The zero-order valence-electron chi connectivity index (χ0n) is 7.89. The minimum Gasteiger partial charge on any atom is -0.480 e. The third-order valence-electron chi connectivity index (χ3n) is 1.57. The number of rotatable bonds is 4. The zero-order chi connectivity index (χ0) is 11.3. The number of amides is 1. The van der Waals surface area contributed by atoms with Crippen LogP contribution in [0.3, 0.4) is 0 Å². The van der Waals surface area contributed by atoms with Crippen molar-refractivity contribution in [3.05, 3.63) is 17.8 Å². The molecule has 78 valence electrons. The molecule has 0 radical (unpaired) electrons. The van der Waals surface area contributed by atoms with Crippen LogP contribution in [-0.4, -0.2) is 30.6 Å². The van der Waals surface area contributed by atoms with Crippen LogP contribution in [0, 0.1) is 0 Å². The first-order valence-corrected chi connectivity index (χ1v) is 3.96. The van der Waals surface area contributed by atoms with Gasteiger partial charge in [-0.2, -0.15) is 0 Å².